The fourth-order valence-electron chi connectivity index (χ4n) is 4.50. The Morgan fingerprint density at radius 1 is 1.09 bits per heavy atom. The predicted molar refractivity (Wildman–Crippen MR) is 129 cm³/mol. The smallest absolute Gasteiger partial charge is 0.255 e. The van der Waals surface area contributed by atoms with E-state index < -0.39 is 0 Å². The number of fused-ring (bicyclic) bond motifs is 1. The van der Waals surface area contributed by atoms with Crippen molar-refractivity contribution in [2.24, 2.45) is 0 Å². The Kier molecular flexibility index (Phi) is 6.42. The lowest BCUT2D eigenvalue weighted by atomic mass is 10.1. The lowest BCUT2D eigenvalue weighted by Gasteiger charge is -2.35. The summed E-state index contributed by atoms with van der Waals surface area (Å²) in [5, 5.41) is 4.04. The highest BCUT2D eigenvalue weighted by Crippen LogP contribution is 2.30. The van der Waals surface area contributed by atoms with Gasteiger partial charge in [-0.05, 0) is 43.2 Å². The van der Waals surface area contributed by atoms with Crippen LogP contribution in [0.3, 0.4) is 0 Å². The minimum absolute atomic E-state index is 0.117. The summed E-state index contributed by atoms with van der Waals surface area (Å²) in [6.45, 7) is 8.85. The molecule has 1 aromatic heterocycles. The second kappa shape index (κ2) is 9.61. The molecular weight excluding hydrogens is 434 g/mol. The van der Waals surface area contributed by atoms with Gasteiger partial charge >= 0.3 is 0 Å². The Labute approximate surface area is 198 Å². The quantitative estimate of drug-likeness (QED) is 0.503. The van der Waals surface area contributed by atoms with E-state index >= 15 is 0 Å². The van der Waals surface area contributed by atoms with E-state index in [1.54, 1.807) is 11.8 Å². The highest BCUT2D eigenvalue weighted by atomic mass is 32.2. The highest BCUT2D eigenvalue weighted by Gasteiger charge is 2.24. The third-order valence-corrected chi connectivity index (χ3v) is 7.59. The Morgan fingerprint density at radius 2 is 1.91 bits per heavy atom. The molecular formula is C26H29N3O3S. The summed E-state index contributed by atoms with van der Waals surface area (Å²) in [5.74, 6) is 2.73. The maximum Gasteiger partial charge on any atom is 0.255 e. The van der Waals surface area contributed by atoms with Gasteiger partial charge in [0.25, 0.3) is 5.91 Å². The second-order valence-electron chi connectivity index (χ2n) is 8.70. The van der Waals surface area contributed by atoms with E-state index in [0.29, 0.717) is 0 Å². The molecule has 2 aromatic carbocycles. The first-order valence-corrected chi connectivity index (χ1v) is 12.5. The molecule has 0 unspecified atom stereocenters. The SMILES string of the molecule is Cc1noc(C)c1CSc1ccccc1C(=O)N1CCN(Cc2ccc3c(c2)CCO3)CC1. The maximum absolute atomic E-state index is 13.4. The number of aromatic nitrogens is 1. The monoisotopic (exact) mass is 463 g/mol. The number of hydrogen-bond donors (Lipinski definition) is 0. The standard InChI is InChI=1S/C26H29N3O3S/c1-18-23(19(2)32-27-18)17-33-25-6-4-3-5-22(25)26(30)29-12-10-28(11-13-29)16-20-7-8-24-21(15-20)9-14-31-24/h3-8,15H,9-14,16-17H2,1-2H3. The van der Waals surface area contributed by atoms with Gasteiger partial charge < -0.3 is 14.2 Å². The first kappa shape index (κ1) is 22.0. The second-order valence-corrected chi connectivity index (χ2v) is 9.71. The van der Waals surface area contributed by atoms with Crippen LogP contribution in [-0.2, 0) is 18.7 Å². The van der Waals surface area contributed by atoms with E-state index in [9.17, 15) is 4.79 Å². The van der Waals surface area contributed by atoms with Crippen LogP contribution in [0.5, 0.6) is 5.75 Å². The lowest BCUT2D eigenvalue weighted by Crippen LogP contribution is -2.48. The molecule has 0 N–H and O–H groups in total. The lowest BCUT2D eigenvalue weighted by molar-refractivity contribution is 0.0625. The van der Waals surface area contributed by atoms with Crippen LogP contribution in [0.25, 0.3) is 0 Å². The van der Waals surface area contributed by atoms with Gasteiger partial charge in [0.2, 0.25) is 0 Å². The van der Waals surface area contributed by atoms with Crippen LogP contribution in [0.2, 0.25) is 0 Å². The van der Waals surface area contributed by atoms with Gasteiger partial charge in [-0.25, -0.2) is 0 Å². The molecule has 7 heteroatoms. The van der Waals surface area contributed by atoms with Gasteiger partial charge in [-0.1, -0.05) is 29.4 Å². The van der Waals surface area contributed by atoms with Gasteiger partial charge in [0.15, 0.2) is 0 Å². The molecule has 0 saturated carbocycles. The molecule has 0 aliphatic carbocycles. The summed E-state index contributed by atoms with van der Waals surface area (Å²) in [7, 11) is 0. The summed E-state index contributed by atoms with van der Waals surface area (Å²) < 4.78 is 10.9. The molecule has 6 nitrogen and oxygen atoms in total. The molecule has 3 heterocycles. The van der Waals surface area contributed by atoms with E-state index in [2.05, 4.69) is 28.3 Å². The first-order valence-electron chi connectivity index (χ1n) is 11.5. The van der Waals surface area contributed by atoms with Crippen molar-refractivity contribution in [3.63, 3.8) is 0 Å². The van der Waals surface area contributed by atoms with E-state index in [1.807, 2.05) is 43.0 Å². The Balaban J connectivity index is 1.20. The number of carbonyl (C=O) groups is 1. The Hall–Kier alpha value is -2.77. The molecule has 1 amide bonds. The summed E-state index contributed by atoms with van der Waals surface area (Å²) in [6.07, 6.45) is 0.999. The molecule has 1 fully saturated rings. The maximum atomic E-state index is 13.4. The summed E-state index contributed by atoms with van der Waals surface area (Å²) in [4.78, 5) is 18.8. The summed E-state index contributed by atoms with van der Waals surface area (Å²) in [6, 6.07) is 14.4. The fourth-order valence-corrected chi connectivity index (χ4v) is 5.70. The first-order chi connectivity index (χ1) is 16.1. The molecule has 2 aliphatic rings. The molecule has 33 heavy (non-hydrogen) atoms. The van der Waals surface area contributed by atoms with E-state index in [-0.39, 0.29) is 5.91 Å². The number of nitrogens with zero attached hydrogens (tertiary/aromatic N) is 3. The van der Waals surface area contributed by atoms with Crippen molar-refractivity contribution in [3.05, 3.63) is 76.2 Å². The van der Waals surface area contributed by atoms with Crippen LogP contribution in [0.15, 0.2) is 51.9 Å². The van der Waals surface area contributed by atoms with Crippen molar-refractivity contribution in [1.29, 1.82) is 0 Å². The van der Waals surface area contributed by atoms with Gasteiger partial charge in [-0.3, -0.25) is 9.69 Å². The van der Waals surface area contributed by atoms with Crippen LogP contribution in [0.1, 0.15) is 38.5 Å². The molecule has 0 spiro atoms. The number of piperazine rings is 1. The number of aryl methyl sites for hydroxylation is 2. The molecule has 172 valence electrons. The summed E-state index contributed by atoms with van der Waals surface area (Å²) in [5.41, 5.74) is 5.43. The molecule has 0 bridgehead atoms. The fraction of sp³-hybridized carbons (Fsp3) is 0.385. The van der Waals surface area contributed by atoms with Gasteiger partial charge in [-0.15, -0.1) is 11.8 Å². The van der Waals surface area contributed by atoms with Crippen molar-refractivity contribution in [3.8, 4) is 5.75 Å². The average molecular weight is 464 g/mol. The normalized spacial score (nSPS) is 16.0. The Morgan fingerprint density at radius 3 is 2.70 bits per heavy atom. The van der Waals surface area contributed by atoms with Crippen molar-refractivity contribution >= 4 is 17.7 Å². The number of thioether (sulfide) groups is 1. The van der Waals surface area contributed by atoms with Gasteiger partial charge in [0.05, 0.1) is 17.9 Å². The number of carbonyl (C=O) groups excluding carboxylic acids is 1. The van der Waals surface area contributed by atoms with E-state index in [0.717, 1.165) is 84.7 Å². The van der Waals surface area contributed by atoms with Crippen LogP contribution in [-0.4, -0.2) is 53.6 Å². The number of ether oxygens (including phenoxy) is 1. The highest BCUT2D eigenvalue weighted by molar-refractivity contribution is 7.98. The molecule has 1 saturated heterocycles. The third-order valence-electron chi connectivity index (χ3n) is 6.49. The van der Waals surface area contributed by atoms with Crippen LogP contribution < -0.4 is 4.74 Å². The Bertz CT molecular complexity index is 1130. The largest absolute Gasteiger partial charge is 0.493 e. The van der Waals surface area contributed by atoms with Crippen molar-refractivity contribution < 1.29 is 14.1 Å². The zero-order valence-electron chi connectivity index (χ0n) is 19.2. The number of rotatable bonds is 6. The van der Waals surface area contributed by atoms with Crippen LogP contribution in [0, 0.1) is 13.8 Å². The van der Waals surface area contributed by atoms with E-state index in [4.69, 9.17) is 9.26 Å². The van der Waals surface area contributed by atoms with Crippen LogP contribution in [0.4, 0.5) is 0 Å². The molecule has 0 atom stereocenters. The molecule has 2 aliphatic heterocycles. The van der Waals surface area contributed by atoms with Crippen LogP contribution >= 0.6 is 11.8 Å². The third kappa shape index (κ3) is 4.80. The van der Waals surface area contributed by atoms with Crippen molar-refractivity contribution in [2.45, 2.75) is 37.5 Å². The minimum Gasteiger partial charge on any atom is -0.493 e. The molecule has 0 radical (unpaired) electrons. The van der Waals surface area contributed by atoms with Crippen molar-refractivity contribution in [2.75, 3.05) is 32.8 Å². The van der Waals surface area contributed by atoms with Crippen molar-refractivity contribution in [1.82, 2.24) is 15.0 Å². The molecule has 3 aromatic rings. The average Bonchev–Trinajstić information content (AvgIpc) is 3.43. The van der Waals surface area contributed by atoms with E-state index in [1.165, 1.54) is 11.1 Å². The zero-order valence-corrected chi connectivity index (χ0v) is 20.0. The number of benzene rings is 2. The minimum atomic E-state index is 0.117. The molecule has 5 rings (SSSR count). The predicted octanol–water partition coefficient (Wildman–Crippen LogP) is 4.48. The van der Waals surface area contributed by atoms with Gasteiger partial charge in [0.1, 0.15) is 11.5 Å². The van der Waals surface area contributed by atoms with Gasteiger partial charge in [0, 0.05) is 55.4 Å². The van der Waals surface area contributed by atoms with Gasteiger partial charge in [-0.2, -0.15) is 0 Å². The number of hydrogen-bond acceptors (Lipinski definition) is 6. The topological polar surface area (TPSA) is 58.8 Å². The summed E-state index contributed by atoms with van der Waals surface area (Å²) >= 11 is 1.67. The number of amides is 1. The zero-order chi connectivity index (χ0) is 22.8.